The van der Waals surface area contributed by atoms with Crippen molar-refractivity contribution in [1.82, 2.24) is 8.87 Å². The summed E-state index contributed by atoms with van der Waals surface area (Å²) in [5.41, 5.74) is 3.50. The molecule has 0 saturated carbocycles. The first-order valence-electron chi connectivity index (χ1n) is 16.7. The van der Waals surface area contributed by atoms with Crippen LogP contribution in [-0.4, -0.2) is 58.8 Å². The number of rotatable bonds is 14. The van der Waals surface area contributed by atoms with Crippen LogP contribution < -0.4 is 5.11 Å². The number of carboxylic acids is 1. The Bertz CT molecular complexity index is 1820. The molecule has 0 aliphatic carbocycles. The molecular formula is C38H43F2N2O6S-. The van der Waals surface area contributed by atoms with Crippen molar-refractivity contribution in [1.29, 1.82) is 0 Å². The molecule has 1 saturated heterocycles. The second-order valence-corrected chi connectivity index (χ2v) is 15.1. The topological polar surface area (TPSA) is 123 Å². The first-order chi connectivity index (χ1) is 23.3. The number of carbonyl (C=O) groups excluding carboxylic acids is 1. The van der Waals surface area contributed by atoms with Crippen LogP contribution in [0.1, 0.15) is 63.1 Å². The zero-order valence-electron chi connectivity index (χ0n) is 27.8. The monoisotopic (exact) mass is 693 g/mol. The van der Waals surface area contributed by atoms with E-state index in [2.05, 4.69) is 12.1 Å². The molecule has 49 heavy (non-hydrogen) atoms. The largest absolute Gasteiger partial charge is 0.550 e. The summed E-state index contributed by atoms with van der Waals surface area (Å²) < 4.78 is 61.6. The number of benzene rings is 3. The van der Waals surface area contributed by atoms with E-state index in [1.54, 1.807) is 12.1 Å². The molecular weight excluding hydrogens is 650 g/mol. The maximum atomic E-state index is 14.9. The molecule has 1 fully saturated rings. The normalized spacial score (nSPS) is 15.8. The molecule has 0 amide bonds. The smallest absolute Gasteiger partial charge is 0.245 e. The van der Waals surface area contributed by atoms with Crippen LogP contribution in [0.25, 0.3) is 22.4 Å². The van der Waals surface area contributed by atoms with Crippen molar-refractivity contribution in [3.8, 4) is 22.4 Å². The first kappa shape index (κ1) is 36.4. The van der Waals surface area contributed by atoms with Crippen LogP contribution >= 0.6 is 0 Å². The van der Waals surface area contributed by atoms with Crippen LogP contribution in [0.15, 0.2) is 83.8 Å². The van der Waals surface area contributed by atoms with E-state index in [-0.39, 0.29) is 30.2 Å². The van der Waals surface area contributed by atoms with Gasteiger partial charge in [-0.15, -0.1) is 0 Å². The molecule has 11 heteroatoms. The van der Waals surface area contributed by atoms with Gasteiger partial charge in [0.1, 0.15) is 16.5 Å². The van der Waals surface area contributed by atoms with Crippen molar-refractivity contribution in [2.75, 3.05) is 13.1 Å². The summed E-state index contributed by atoms with van der Waals surface area (Å²) in [5.74, 6) is -2.41. The molecule has 0 bridgehead atoms. The highest BCUT2D eigenvalue weighted by molar-refractivity contribution is 7.89. The van der Waals surface area contributed by atoms with E-state index < -0.39 is 46.3 Å². The number of aliphatic hydroxyl groups is 2. The van der Waals surface area contributed by atoms with Crippen molar-refractivity contribution < 1.29 is 37.3 Å². The van der Waals surface area contributed by atoms with Crippen LogP contribution in [0, 0.1) is 17.6 Å². The summed E-state index contributed by atoms with van der Waals surface area (Å²) in [6.45, 7) is 4.50. The fourth-order valence-corrected chi connectivity index (χ4v) is 8.92. The SMILES string of the molecule is CC(C)c1c(S(=O)(=O)N2CCC(Cc3ccccc3)CC2)c(-c2ccc(F)cc2)c(-c2ccc(F)cc2)n1CC[C@@H](O)C[C@@H](O)CC(=O)[O-]. The molecule has 262 valence electrons. The molecule has 4 aromatic rings. The maximum Gasteiger partial charge on any atom is 0.245 e. The van der Waals surface area contributed by atoms with Crippen LogP contribution in [0.5, 0.6) is 0 Å². The van der Waals surface area contributed by atoms with Gasteiger partial charge in [-0.25, -0.2) is 17.2 Å². The summed E-state index contributed by atoms with van der Waals surface area (Å²) >= 11 is 0. The Morgan fingerprint density at radius 2 is 1.45 bits per heavy atom. The molecule has 8 nitrogen and oxygen atoms in total. The maximum absolute atomic E-state index is 14.9. The van der Waals surface area contributed by atoms with E-state index >= 15 is 0 Å². The lowest BCUT2D eigenvalue weighted by Gasteiger charge is -2.32. The van der Waals surface area contributed by atoms with Crippen LogP contribution in [0.4, 0.5) is 8.78 Å². The second-order valence-electron chi connectivity index (χ2n) is 13.2. The van der Waals surface area contributed by atoms with E-state index in [0.29, 0.717) is 59.9 Å². The molecule has 0 unspecified atom stereocenters. The minimum atomic E-state index is -4.14. The Morgan fingerprint density at radius 1 is 0.878 bits per heavy atom. The lowest BCUT2D eigenvalue weighted by atomic mass is 9.91. The van der Waals surface area contributed by atoms with Crippen molar-refractivity contribution in [2.45, 2.75) is 81.9 Å². The van der Waals surface area contributed by atoms with Crippen LogP contribution in [0.2, 0.25) is 0 Å². The molecule has 1 aliphatic rings. The first-order valence-corrected chi connectivity index (χ1v) is 18.2. The van der Waals surface area contributed by atoms with E-state index in [0.717, 1.165) is 6.42 Å². The van der Waals surface area contributed by atoms with Gasteiger partial charge in [0.25, 0.3) is 0 Å². The van der Waals surface area contributed by atoms with Crippen molar-refractivity contribution >= 4 is 16.0 Å². The molecule has 2 N–H and O–H groups in total. The van der Waals surface area contributed by atoms with Gasteiger partial charge in [-0.3, -0.25) is 0 Å². The van der Waals surface area contributed by atoms with Crippen molar-refractivity contribution in [3.05, 3.63) is 102 Å². The molecule has 2 atom stereocenters. The summed E-state index contributed by atoms with van der Waals surface area (Å²) in [4.78, 5) is 11.1. The third kappa shape index (κ3) is 8.64. The number of aromatic nitrogens is 1. The standard InChI is InChI=1S/C38H44F2N2O6S/c1-25(2)36-38(49(47,48)41-19-16-27(17-20-41)22-26-6-4-3-5-7-26)35(28-8-12-30(39)13-9-28)37(29-10-14-31(40)15-11-29)42(36)21-18-32(43)23-33(44)24-34(45)46/h3-15,25,27,32-33,43-44H,16-24H2,1-2H3,(H,45,46)/p-1/t32-,33-/m1/s1. The number of hydrogen-bond acceptors (Lipinski definition) is 6. The molecule has 0 radical (unpaired) electrons. The summed E-state index contributed by atoms with van der Waals surface area (Å²) in [7, 11) is -4.14. The number of piperidine rings is 1. The number of sulfonamides is 1. The van der Waals surface area contributed by atoms with Gasteiger partial charge < -0.3 is 24.7 Å². The van der Waals surface area contributed by atoms with E-state index in [4.69, 9.17) is 0 Å². The lowest BCUT2D eigenvalue weighted by Crippen LogP contribution is -2.39. The van der Waals surface area contributed by atoms with Gasteiger partial charge in [-0.2, -0.15) is 4.31 Å². The molecule has 5 rings (SSSR count). The van der Waals surface area contributed by atoms with Gasteiger partial charge in [0.05, 0.1) is 17.9 Å². The van der Waals surface area contributed by atoms with Gasteiger partial charge in [0.15, 0.2) is 0 Å². The molecule has 2 heterocycles. The number of carboxylic acid groups (broad SMARTS) is 1. The lowest BCUT2D eigenvalue weighted by molar-refractivity contribution is -0.307. The predicted molar refractivity (Wildman–Crippen MR) is 182 cm³/mol. The summed E-state index contributed by atoms with van der Waals surface area (Å²) in [6.07, 6.45) is -0.995. The highest BCUT2D eigenvalue weighted by atomic mass is 32.2. The van der Waals surface area contributed by atoms with E-state index in [1.807, 2.05) is 36.6 Å². The average molecular weight is 694 g/mol. The minimum Gasteiger partial charge on any atom is -0.550 e. The molecule has 3 aromatic carbocycles. The average Bonchev–Trinajstić information content (AvgIpc) is 3.41. The van der Waals surface area contributed by atoms with Gasteiger partial charge in [-0.1, -0.05) is 56.3 Å². The van der Waals surface area contributed by atoms with Crippen molar-refractivity contribution in [2.24, 2.45) is 5.92 Å². The zero-order valence-corrected chi connectivity index (χ0v) is 28.6. The fourth-order valence-electron chi connectivity index (χ4n) is 6.89. The van der Waals surface area contributed by atoms with Crippen molar-refractivity contribution in [3.63, 3.8) is 0 Å². The van der Waals surface area contributed by atoms with E-state index in [9.17, 15) is 37.3 Å². The predicted octanol–water partition coefficient (Wildman–Crippen LogP) is 5.51. The molecule has 0 spiro atoms. The van der Waals surface area contributed by atoms with Gasteiger partial charge >= 0.3 is 0 Å². The number of aliphatic hydroxyl groups excluding tert-OH is 2. The summed E-state index contributed by atoms with van der Waals surface area (Å²) in [6, 6.07) is 21.4. The minimum absolute atomic E-state index is 0.0555. The quantitative estimate of drug-likeness (QED) is 0.180. The number of carbonyl (C=O) groups is 1. The Balaban J connectivity index is 1.62. The number of aliphatic carboxylic acids is 1. The second kappa shape index (κ2) is 15.8. The Hall–Kier alpha value is -3.90. The Labute approximate surface area is 286 Å². The van der Waals surface area contributed by atoms with Gasteiger partial charge in [-0.05, 0) is 97.0 Å². The Kier molecular flexibility index (Phi) is 11.7. The highest BCUT2D eigenvalue weighted by Gasteiger charge is 2.38. The molecule has 1 aliphatic heterocycles. The van der Waals surface area contributed by atoms with Gasteiger partial charge in [0, 0.05) is 43.3 Å². The Morgan fingerprint density at radius 3 is 2.00 bits per heavy atom. The number of nitrogens with zero attached hydrogens (tertiary/aromatic N) is 2. The summed E-state index contributed by atoms with van der Waals surface area (Å²) in [5, 5.41) is 31.9. The van der Waals surface area contributed by atoms with E-state index in [1.165, 1.54) is 46.3 Å². The van der Waals surface area contributed by atoms with Crippen LogP contribution in [-0.2, 0) is 27.8 Å². The third-order valence-corrected chi connectivity index (χ3v) is 11.2. The highest BCUT2D eigenvalue weighted by Crippen LogP contribution is 2.46. The fraction of sp³-hybridized carbons (Fsp3) is 0.395. The van der Waals surface area contributed by atoms with Gasteiger partial charge in [0.2, 0.25) is 10.0 Å². The zero-order chi connectivity index (χ0) is 35.3. The molecule has 1 aromatic heterocycles. The van der Waals surface area contributed by atoms with Crippen LogP contribution in [0.3, 0.4) is 0 Å². The third-order valence-electron chi connectivity index (χ3n) is 9.23. The number of halogens is 2. The number of hydrogen-bond donors (Lipinski definition) is 2.